The first-order valence-electron chi connectivity index (χ1n) is 7.36. The third kappa shape index (κ3) is 4.21. The topological polar surface area (TPSA) is 95.5 Å². The summed E-state index contributed by atoms with van der Waals surface area (Å²) >= 11 is 0. The number of hydrogen-bond donors (Lipinski definition) is 3. The van der Waals surface area contributed by atoms with E-state index in [-0.39, 0.29) is 29.6 Å². The number of rotatable bonds is 6. The molecule has 0 heterocycles. The highest BCUT2D eigenvalue weighted by atomic mass is 16.4. The number of nitrogens with one attached hydrogen (secondary N) is 2. The molecular weight excluding hydrogens is 260 g/mol. The maximum Gasteiger partial charge on any atom is 0.306 e. The minimum Gasteiger partial charge on any atom is -0.481 e. The second kappa shape index (κ2) is 6.72. The second-order valence-corrected chi connectivity index (χ2v) is 5.74. The molecule has 0 unspecified atom stereocenters. The summed E-state index contributed by atoms with van der Waals surface area (Å²) in [7, 11) is 0. The van der Waals surface area contributed by atoms with Crippen molar-refractivity contribution in [2.24, 2.45) is 17.8 Å². The van der Waals surface area contributed by atoms with Crippen molar-refractivity contribution < 1.29 is 19.5 Å². The van der Waals surface area contributed by atoms with Crippen LogP contribution in [0, 0.1) is 17.8 Å². The van der Waals surface area contributed by atoms with Crippen molar-refractivity contribution in [2.75, 3.05) is 13.1 Å². The zero-order valence-electron chi connectivity index (χ0n) is 11.6. The number of aliphatic carboxylic acids is 1. The maximum absolute atomic E-state index is 11.9. The van der Waals surface area contributed by atoms with Crippen molar-refractivity contribution in [3.8, 4) is 0 Å². The summed E-state index contributed by atoms with van der Waals surface area (Å²) < 4.78 is 0. The first kappa shape index (κ1) is 14.8. The lowest BCUT2D eigenvalue weighted by Crippen LogP contribution is -2.39. The molecule has 20 heavy (non-hydrogen) atoms. The van der Waals surface area contributed by atoms with Crippen LogP contribution in [-0.2, 0) is 14.4 Å². The zero-order valence-corrected chi connectivity index (χ0v) is 11.6. The van der Waals surface area contributed by atoms with Crippen molar-refractivity contribution in [3.63, 3.8) is 0 Å². The lowest BCUT2D eigenvalue weighted by Gasteiger charge is -2.25. The molecule has 0 aromatic rings. The van der Waals surface area contributed by atoms with E-state index < -0.39 is 5.97 Å². The summed E-state index contributed by atoms with van der Waals surface area (Å²) in [6.07, 6.45) is 4.38. The van der Waals surface area contributed by atoms with Crippen LogP contribution in [0.5, 0.6) is 0 Å². The molecule has 3 N–H and O–H groups in total. The average molecular weight is 282 g/mol. The normalized spacial score (nSPS) is 25.8. The summed E-state index contributed by atoms with van der Waals surface area (Å²) in [5, 5.41) is 14.5. The molecule has 2 fully saturated rings. The Morgan fingerprint density at radius 2 is 1.10 bits per heavy atom. The van der Waals surface area contributed by atoms with Gasteiger partial charge in [-0.15, -0.1) is 0 Å². The van der Waals surface area contributed by atoms with E-state index in [1.165, 1.54) is 0 Å². The van der Waals surface area contributed by atoms with Crippen LogP contribution in [0.15, 0.2) is 0 Å². The van der Waals surface area contributed by atoms with E-state index in [1.807, 2.05) is 0 Å². The number of carbonyl (C=O) groups excluding carboxylic acids is 2. The van der Waals surface area contributed by atoms with E-state index in [0.717, 1.165) is 12.8 Å². The van der Waals surface area contributed by atoms with E-state index >= 15 is 0 Å². The molecule has 0 aliphatic heterocycles. The SMILES string of the molecule is O=C(O)C1CCC(C(=O)NCCNC(=O)C2CC2)CC1. The molecule has 2 saturated carbocycles. The van der Waals surface area contributed by atoms with Gasteiger partial charge >= 0.3 is 5.97 Å². The number of carboxylic acids is 1. The van der Waals surface area contributed by atoms with Gasteiger partial charge < -0.3 is 15.7 Å². The van der Waals surface area contributed by atoms with Crippen molar-refractivity contribution in [1.82, 2.24) is 10.6 Å². The van der Waals surface area contributed by atoms with Gasteiger partial charge in [0.15, 0.2) is 0 Å². The van der Waals surface area contributed by atoms with Crippen LogP contribution in [0.3, 0.4) is 0 Å². The fourth-order valence-electron chi connectivity index (χ4n) is 2.61. The fourth-order valence-corrected chi connectivity index (χ4v) is 2.61. The standard InChI is InChI=1S/C14H22N2O4/c17-12(9-1-2-9)15-7-8-16-13(18)10-3-5-11(6-4-10)14(19)20/h9-11H,1-8H2,(H,15,17)(H,16,18)(H,19,20). The smallest absolute Gasteiger partial charge is 0.306 e. The lowest BCUT2D eigenvalue weighted by atomic mass is 9.81. The van der Waals surface area contributed by atoms with Crippen LogP contribution >= 0.6 is 0 Å². The Bertz CT molecular complexity index is 385. The minimum absolute atomic E-state index is 0.0190. The van der Waals surface area contributed by atoms with Gasteiger partial charge in [-0.3, -0.25) is 14.4 Å². The van der Waals surface area contributed by atoms with Crippen LogP contribution in [0.4, 0.5) is 0 Å². The molecule has 2 aliphatic carbocycles. The predicted octanol–water partition coefficient (Wildman–Crippen LogP) is 0.520. The summed E-state index contributed by atoms with van der Waals surface area (Å²) in [5.74, 6) is -0.874. The third-order valence-corrected chi connectivity index (χ3v) is 4.12. The highest BCUT2D eigenvalue weighted by molar-refractivity contribution is 5.81. The van der Waals surface area contributed by atoms with E-state index in [1.54, 1.807) is 0 Å². The van der Waals surface area contributed by atoms with Crippen molar-refractivity contribution >= 4 is 17.8 Å². The highest BCUT2D eigenvalue weighted by Gasteiger charge is 2.30. The molecule has 0 saturated heterocycles. The molecule has 0 atom stereocenters. The minimum atomic E-state index is -0.758. The Balaban J connectivity index is 1.58. The lowest BCUT2D eigenvalue weighted by molar-refractivity contribution is -0.144. The van der Waals surface area contributed by atoms with Gasteiger partial charge in [-0.25, -0.2) is 0 Å². The van der Waals surface area contributed by atoms with E-state index in [2.05, 4.69) is 10.6 Å². The van der Waals surface area contributed by atoms with Crippen LogP contribution in [0.1, 0.15) is 38.5 Å². The quantitative estimate of drug-likeness (QED) is 0.619. The molecule has 0 aromatic carbocycles. The van der Waals surface area contributed by atoms with E-state index in [0.29, 0.717) is 38.8 Å². The summed E-state index contributed by atoms with van der Waals surface area (Å²) in [4.78, 5) is 34.1. The van der Waals surface area contributed by atoms with Crippen molar-refractivity contribution in [1.29, 1.82) is 0 Å². The molecule has 112 valence electrons. The Labute approximate surface area is 118 Å². The fraction of sp³-hybridized carbons (Fsp3) is 0.786. The molecule has 6 nitrogen and oxygen atoms in total. The van der Waals surface area contributed by atoms with Crippen molar-refractivity contribution in [3.05, 3.63) is 0 Å². The molecule has 0 bridgehead atoms. The number of carboxylic acid groups (broad SMARTS) is 1. The summed E-state index contributed by atoms with van der Waals surface area (Å²) in [5.41, 5.74) is 0. The van der Waals surface area contributed by atoms with Gasteiger partial charge in [0.05, 0.1) is 5.92 Å². The Morgan fingerprint density at radius 3 is 1.45 bits per heavy atom. The molecule has 0 spiro atoms. The summed E-state index contributed by atoms with van der Waals surface area (Å²) in [6, 6.07) is 0. The molecular formula is C14H22N2O4. The van der Waals surface area contributed by atoms with Gasteiger partial charge in [-0.05, 0) is 38.5 Å². The van der Waals surface area contributed by atoms with Gasteiger partial charge in [0.1, 0.15) is 0 Å². The number of hydrogen-bond acceptors (Lipinski definition) is 3. The Kier molecular flexibility index (Phi) is 4.98. The van der Waals surface area contributed by atoms with Gasteiger partial charge in [0.2, 0.25) is 11.8 Å². The second-order valence-electron chi connectivity index (χ2n) is 5.74. The molecule has 0 radical (unpaired) electrons. The van der Waals surface area contributed by atoms with Crippen LogP contribution in [0.25, 0.3) is 0 Å². The van der Waals surface area contributed by atoms with Crippen LogP contribution < -0.4 is 10.6 Å². The Hall–Kier alpha value is -1.59. The molecule has 6 heteroatoms. The predicted molar refractivity (Wildman–Crippen MR) is 71.8 cm³/mol. The monoisotopic (exact) mass is 282 g/mol. The first-order valence-corrected chi connectivity index (χ1v) is 7.36. The van der Waals surface area contributed by atoms with Crippen LogP contribution in [-0.4, -0.2) is 36.0 Å². The van der Waals surface area contributed by atoms with Gasteiger partial charge in [0.25, 0.3) is 0 Å². The molecule has 2 amide bonds. The zero-order chi connectivity index (χ0) is 14.5. The largest absolute Gasteiger partial charge is 0.481 e. The van der Waals surface area contributed by atoms with E-state index in [4.69, 9.17) is 5.11 Å². The van der Waals surface area contributed by atoms with Crippen molar-refractivity contribution in [2.45, 2.75) is 38.5 Å². The first-order chi connectivity index (χ1) is 9.58. The van der Waals surface area contributed by atoms with Crippen LogP contribution in [0.2, 0.25) is 0 Å². The summed E-state index contributed by atoms with van der Waals surface area (Å²) in [6.45, 7) is 0.904. The third-order valence-electron chi connectivity index (χ3n) is 4.12. The molecule has 0 aromatic heterocycles. The van der Waals surface area contributed by atoms with E-state index in [9.17, 15) is 14.4 Å². The highest BCUT2D eigenvalue weighted by Crippen LogP contribution is 2.29. The number of amides is 2. The molecule has 2 rings (SSSR count). The van der Waals surface area contributed by atoms with Gasteiger partial charge in [0, 0.05) is 24.9 Å². The maximum atomic E-state index is 11.9. The van der Waals surface area contributed by atoms with Gasteiger partial charge in [-0.1, -0.05) is 0 Å². The number of carbonyl (C=O) groups is 3. The Morgan fingerprint density at radius 1 is 0.750 bits per heavy atom. The van der Waals surface area contributed by atoms with Gasteiger partial charge in [-0.2, -0.15) is 0 Å². The average Bonchev–Trinajstić information content (AvgIpc) is 3.27. The molecule has 2 aliphatic rings.